The highest BCUT2D eigenvalue weighted by atomic mass is 16.5. The van der Waals surface area contributed by atoms with Crippen LogP contribution in [0.1, 0.15) is 64.7 Å². The SMILES string of the molecule is CCCCCCCCCC(=O)O[C@H]1CCN(CC#CC[N+](C)(C)C)C1=O. The van der Waals surface area contributed by atoms with E-state index in [0.717, 1.165) is 23.9 Å². The Kier molecular flexibility index (Phi) is 10.3. The zero-order chi connectivity index (χ0) is 19.4. The molecule has 1 atom stereocenters. The van der Waals surface area contributed by atoms with Gasteiger partial charge in [-0.3, -0.25) is 9.59 Å². The summed E-state index contributed by atoms with van der Waals surface area (Å²) in [5.41, 5.74) is 0. The summed E-state index contributed by atoms with van der Waals surface area (Å²) in [5.74, 6) is 5.81. The second-order valence-electron chi connectivity index (χ2n) is 8.20. The molecule has 0 bridgehead atoms. The predicted molar refractivity (Wildman–Crippen MR) is 104 cm³/mol. The molecule has 0 aliphatic carbocycles. The fourth-order valence-electron chi connectivity index (χ4n) is 2.87. The van der Waals surface area contributed by atoms with Gasteiger partial charge in [-0.1, -0.05) is 51.4 Å². The Morgan fingerprint density at radius 1 is 1.12 bits per heavy atom. The summed E-state index contributed by atoms with van der Waals surface area (Å²) in [6.45, 7) is 4.00. The molecular weight excluding hydrogens is 328 g/mol. The van der Waals surface area contributed by atoms with Crippen molar-refractivity contribution in [3.05, 3.63) is 0 Å². The quantitative estimate of drug-likeness (QED) is 0.245. The van der Waals surface area contributed by atoms with Crippen molar-refractivity contribution in [1.29, 1.82) is 0 Å². The lowest BCUT2D eigenvalue weighted by Crippen LogP contribution is -2.35. The maximum absolute atomic E-state index is 12.3. The van der Waals surface area contributed by atoms with Crippen LogP contribution in [0.2, 0.25) is 0 Å². The summed E-state index contributed by atoms with van der Waals surface area (Å²) in [6.07, 6.45) is 8.56. The van der Waals surface area contributed by atoms with E-state index in [-0.39, 0.29) is 11.9 Å². The summed E-state index contributed by atoms with van der Waals surface area (Å²) in [7, 11) is 6.24. The molecule has 0 aromatic heterocycles. The highest BCUT2D eigenvalue weighted by Gasteiger charge is 2.33. The topological polar surface area (TPSA) is 46.6 Å². The van der Waals surface area contributed by atoms with Crippen molar-refractivity contribution >= 4 is 11.9 Å². The van der Waals surface area contributed by atoms with Crippen LogP contribution in [0.25, 0.3) is 0 Å². The van der Waals surface area contributed by atoms with Crippen molar-refractivity contribution in [3.63, 3.8) is 0 Å². The molecule has 0 radical (unpaired) electrons. The smallest absolute Gasteiger partial charge is 0.306 e. The number of rotatable bonds is 11. The molecule has 0 spiro atoms. The zero-order valence-electron chi connectivity index (χ0n) is 17.2. The molecule has 0 saturated carbocycles. The van der Waals surface area contributed by atoms with E-state index in [1.54, 1.807) is 4.90 Å². The largest absolute Gasteiger partial charge is 0.452 e. The van der Waals surface area contributed by atoms with Gasteiger partial charge in [0.15, 0.2) is 6.10 Å². The Hall–Kier alpha value is -1.54. The van der Waals surface area contributed by atoms with Gasteiger partial charge in [0, 0.05) is 19.4 Å². The molecule has 0 unspecified atom stereocenters. The van der Waals surface area contributed by atoms with E-state index in [4.69, 9.17) is 4.74 Å². The number of carbonyl (C=O) groups is 2. The van der Waals surface area contributed by atoms with Crippen molar-refractivity contribution in [2.45, 2.75) is 70.8 Å². The maximum atomic E-state index is 12.3. The molecule has 1 heterocycles. The fourth-order valence-corrected chi connectivity index (χ4v) is 2.87. The van der Waals surface area contributed by atoms with Gasteiger partial charge in [0.25, 0.3) is 5.91 Å². The van der Waals surface area contributed by atoms with Crippen molar-refractivity contribution < 1.29 is 18.8 Å². The molecular formula is C21H37N2O3+. The molecule has 1 amide bonds. The molecule has 1 aliphatic rings. The monoisotopic (exact) mass is 365 g/mol. The minimum atomic E-state index is -0.604. The second kappa shape index (κ2) is 12.0. The minimum absolute atomic E-state index is 0.0996. The van der Waals surface area contributed by atoms with Crippen LogP contribution >= 0.6 is 0 Å². The van der Waals surface area contributed by atoms with Crippen LogP contribution in [0.15, 0.2) is 0 Å². The summed E-state index contributed by atoms with van der Waals surface area (Å²) in [6, 6.07) is 0. The number of esters is 1. The molecule has 1 fully saturated rings. The van der Waals surface area contributed by atoms with Gasteiger partial charge in [0.05, 0.1) is 27.7 Å². The van der Waals surface area contributed by atoms with E-state index < -0.39 is 6.10 Å². The number of unbranched alkanes of at least 4 members (excludes halogenated alkanes) is 6. The van der Waals surface area contributed by atoms with E-state index in [0.29, 0.717) is 25.9 Å². The number of amides is 1. The van der Waals surface area contributed by atoms with Crippen LogP contribution in [0.3, 0.4) is 0 Å². The van der Waals surface area contributed by atoms with Crippen LogP contribution in [0.4, 0.5) is 0 Å². The molecule has 26 heavy (non-hydrogen) atoms. The van der Waals surface area contributed by atoms with Crippen LogP contribution in [0, 0.1) is 11.8 Å². The van der Waals surface area contributed by atoms with Gasteiger partial charge in [0.1, 0.15) is 6.54 Å². The zero-order valence-corrected chi connectivity index (χ0v) is 17.2. The Labute approximate surface area is 159 Å². The molecule has 148 valence electrons. The molecule has 5 heteroatoms. The lowest BCUT2D eigenvalue weighted by molar-refractivity contribution is -0.862. The van der Waals surface area contributed by atoms with E-state index in [9.17, 15) is 9.59 Å². The molecule has 5 nitrogen and oxygen atoms in total. The first kappa shape index (κ1) is 22.5. The first-order valence-corrected chi connectivity index (χ1v) is 10.1. The minimum Gasteiger partial charge on any atom is -0.452 e. The first-order valence-electron chi connectivity index (χ1n) is 10.1. The molecule has 0 aromatic carbocycles. The van der Waals surface area contributed by atoms with Crippen LogP contribution in [-0.2, 0) is 14.3 Å². The fraction of sp³-hybridized carbons (Fsp3) is 0.810. The van der Waals surface area contributed by atoms with Gasteiger partial charge >= 0.3 is 5.97 Å². The summed E-state index contributed by atoms with van der Waals surface area (Å²) in [5, 5.41) is 0. The van der Waals surface area contributed by atoms with Crippen LogP contribution < -0.4 is 0 Å². The van der Waals surface area contributed by atoms with Crippen molar-refractivity contribution in [3.8, 4) is 11.8 Å². The molecule has 1 saturated heterocycles. The number of hydrogen-bond donors (Lipinski definition) is 0. The number of ether oxygens (including phenoxy) is 1. The summed E-state index contributed by atoms with van der Waals surface area (Å²) >= 11 is 0. The molecule has 0 aromatic rings. The van der Waals surface area contributed by atoms with E-state index in [1.807, 2.05) is 0 Å². The summed E-state index contributed by atoms with van der Waals surface area (Å²) in [4.78, 5) is 25.9. The number of carbonyl (C=O) groups excluding carboxylic acids is 2. The number of nitrogens with zero attached hydrogens (tertiary/aromatic N) is 2. The van der Waals surface area contributed by atoms with Crippen molar-refractivity contribution in [2.75, 3.05) is 40.8 Å². The Morgan fingerprint density at radius 2 is 1.77 bits per heavy atom. The third kappa shape index (κ3) is 9.82. The predicted octanol–water partition coefficient (Wildman–Crippen LogP) is 2.98. The summed E-state index contributed by atoms with van der Waals surface area (Å²) < 4.78 is 6.16. The van der Waals surface area contributed by atoms with E-state index >= 15 is 0 Å². The normalized spacial score (nSPS) is 17.2. The second-order valence-corrected chi connectivity index (χ2v) is 8.20. The highest BCUT2D eigenvalue weighted by molar-refractivity contribution is 5.85. The van der Waals surface area contributed by atoms with Crippen molar-refractivity contribution in [2.24, 2.45) is 0 Å². The Balaban J connectivity index is 2.19. The molecule has 1 rings (SSSR count). The lowest BCUT2D eigenvalue weighted by atomic mass is 10.1. The molecule has 0 N–H and O–H groups in total. The number of likely N-dealkylation sites (tertiary alicyclic amines) is 1. The van der Waals surface area contributed by atoms with Gasteiger partial charge in [-0.25, -0.2) is 0 Å². The van der Waals surface area contributed by atoms with E-state index in [1.165, 1.54) is 32.1 Å². The third-order valence-corrected chi connectivity index (χ3v) is 4.45. The highest BCUT2D eigenvalue weighted by Crippen LogP contribution is 2.16. The average molecular weight is 366 g/mol. The standard InChI is InChI=1S/C21H37N2O3/c1-5-6-7-8-9-10-11-14-20(24)26-19-15-17-22(21(19)25)16-12-13-18-23(2,3)4/h19H,5-11,14-18H2,1-4H3/q+1/t19-/m0/s1. The van der Waals surface area contributed by atoms with Gasteiger partial charge in [-0.05, 0) is 12.3 Å². The van der Waals surface area contributed by atoms with Gasteiger partial charge < -0.3 is 14.1 Å². The Morgan fingerprint density at radius 3 is 2.42 bits per heavy atom. The average Bonchev–Trinajstić information content (AvgIpc) is 2.90. The van der Waals surface area contributed by atoms with Crippen LogP contribution in [-0.4, -0.2) is 68.1 Å². The third-order valence-electron chi connectivity index (χ3n) is 4.45. The van der Waals surface area contributed by atoms with Crippen molar-refractivity contribution in [1.82, 2.24) is 4.90 Å². The molecule has 1 aliphatic heterocycles. The lowest BCUT2D eigenvalue weighted by Gasteiger charge is -2.20. The number of hydrogen-bond acceptors (Lipinski definition) is 3. The first-order chi connectivity index (χ1) is 12.3. The Bertz CT molecular complexity index is 500. The van der Waals surface area contributed by atoms with Gasteiger partial charge in [0.2, 0.25) is 0 Å². The maximum Gasteiger partial charge on any atom is 0.306 e. The van der Waals surface area contributed by atoms with E-state index in [2.05, 4.69) is 39.9 Å². The van der Waals surface area contributed by atoms with Gasteiger partial charge in [-0.15, -0.1) is 0 Å². The van der Waals surface area contributed by atoms with Crippen LogP contribution in [0.5, 0.6) is 0 Å². The number of quaternary nitrogens is 1. The van der Waals surface area contributed by atoms with Gasteiger partial charge in [-0.2, -0.15) is 0 Å².